The minimum absolute atomic E-state index is 0.648. The summed E-state index contributed by atoms with van der Waals surface area (Å²) in [5, 5.41) is 8.33. The van der Waals surface area contributed by atoms with Crippen molar-refractivity contribution in [1.82, 2.24) is 4.90 Å². The Labute approximate surface area is 98.3 Å². The van der Waals surface area contributed by atoms with Gasteiger partial charge in [0.05, 0.1) is 5.88 Å². The summed E-state index contributed by atoms with van der Waals surface area (Å²) in [5.41, 5.74) is 0.729. The molecule has 16 heavy (non-hydrogen) atoms. The maximum absolute atomic E-state index is 10.1. The van der Waals surface area contributed by atoms with Gasteiger partial charge in [0.25, 0.3) is 0 Å². The Morgan fingerprint density at radius 2 is 2.06 bits per heavy atom. The molecule has 0 aliphatic carbocycles. The van der Waals surface area contributed by atoms with Crippen LogP contribution in [0.3, 0.4) is 0 Å². The van der Waals surface area contributed by atoms with Gasteiger partial charge < -0.3 is 5.11 Å². The van der Waals surface area contributed by atoms with Crippen molar-refractivity contribution in [2.75, 3.05) is 18.2 Å². The number of hydrogen-bond donors (Lipinski definition) is 1. The van der Waals surface area contributed by atoms with E-state index >= 15 is 0 Å². The van der Waals surface area contributed by atoms with Crippen molar-refractivity contribution >= 4 is 24.1 Å². The topological polar surface area (TPSA) is 57.6 Å². The van der Waals surface area contributed by atoms with Crippen LogP contribution in [0, 0.1) is 0 Å². The molecule has 1 N–H and O–H groups in total. The molecular formula is C11H13NO3S. The molecule has 1 aliphatic heterocycles. The maximum Gasteiger partial charge on any atom is 0.408 e. The Kier molecular flexibility index (Phi) is 5.42. The molecule has 0 saturated carbocycles. The molecule has 0 unspecified atom stereocenters. The van der Waals surface area contributed by atoms with Crippen molar-refractivity contribution in [3.63, 3.8) is 0 Å². The molecule has 1 aromatic carbocycles. The van der Waals surface area contributed by atoms with Crippen LogP contribution in [0.4, 0.5) is 4.79 Å². The molecule has 4 nitrogen and oxygen atoms in total. The Morgan fingerprint density at radius 1 is 1.38 bits per heavy atom. The molecule has 1 amide bonds. The zero-order valence-electron chi connectivity index (χ0n) is 8.70. The van der Waals surface area contributed by atoms with Crippen molar-refractivity contribution in [1.29, 1.82) is 0 Å². The summed E-state index contributed by atoms with van der Waals surface area (Å²) < 4.78 is 0. The number of carboxylic acid groups (broad SMARTS) is 1. The van der Waals surface area contributed by atoms with Crippen molar-refractivity contribution in [2.45, 2.75) is 0 Å². The van der Waals surface area contributed by atoms with E-state index in [2.05, 4.69) is 0 Å². The molecule has 0 atom stereocenters. The minimum atomic E-state index is -0.796. The lowest BCUT2D eigenvalue weighted by Crippen LogP contribution is -2.25. The van der Waals surface area contributed by atoms with Crippen LogP contribution in [-0.2, 0) is 0 Å². The zero-order valence-corrected chi connectivity index (χ0v) is 9.52. The van der Waals surface area contributed by atoms with Crippen LogP contribution in [0.1, 0.15) is 10.4 Å². The molecule has 1 aromatic rings. The number of carbonyl (C=O) groups is 2. The van der Waals surface area contributed by atoms with Crippen molar-refractivity contribution < 1.29 is 14.7 Å². The van der Waals surface area contributed by atoms with E-state index in [1.807, 2.05) is 18.2 Å². The first-order valence-corrected chi connectivity index (χ1v) is 5.95. The molecule has 1 saturated heterocycles. The fourth-order valence-corrected chi connectivity index (χ4v) is 2.04. The third-order valence-corrected chi connectivity index (χ3v) is 2.92. The van der Waals surface area contributed by atoms with E-state index in [9.17, 15) is 9.59 Å². The zero-order chi connectivity index (χ0) is 11.8. The molecule has 2 rings (SSSR count). The van der Waals surface area contributed by atoms with E-state index < -0.39 is 6.09 Å². The van der Waals surface area contributed by atoms with Crippen LogP contribution in [-0.4, -0.2) is 40.6 Å². The number of amides is 1. The molecule has 1 fully saturated rings. The van der Waals surface area contributed by atoms with Crippen LogP contribution < -0.4 is 0 Å². The number of nitrogens with zero attached hydrogens (tertiary/aromatic N) is 1. The first kappa shape index (κ1) is 12.6. The van der Waals surface area contributed by atoms with Crippen LogP contribution in [0.5, 0.6) is 0 Å². The van der Waals surface area contributed by atoms with E-state index in [0.717, 1.165) is 17.6 Å². The van der Waals surface area contributed by atoms with E-state index in [4.69, 9.17) is 5.11 Å². The quantitative estimate of drug-likeness (QED) is 0.763. The second-order valence-corrected chi connectivity index (χ2v) is 4.19. The van der Waals surface area contributed by atoms with Gasteiger partial charge in [-0.15, -0.1) is 11.8 Å². The monoisotopic (exact) mass is 239 g/mol. The summed E-state index contributed by atoms with van der Waals surface area (Å²) in [7, 11) is 0. The highest BCUT2D eigenvalue weighted by atomic mass is 32.2. The van der Waals surface area contributed by atoms with E-state index in [0.29, 0.717) is 12.4 Å². The second kappa shape index (κ2) is 6.90. The normalized spacial score (nSPS) is 13.9. The molecule has 1 aliphatic rings. The van der Waals surface area contributed by atoms with Gasteiger partial charge in [-0.1, -0.05) is 30.3 Å². The molecule has 0 spiro atoms. The second-order valence-electron chi connectivity index (χ2n) is 3.11. The SMILES string of the molecule is O=C(O)N1CCSC1.O=Cc1ccccc1. The molecular weight excluding hydrogens is 226 g/mol. The van der Waals surface area contributed by atoms with Gasteiger partial charge in [-0.3, -0.25) is 9.69 Å². The van der Waals surface area contributed by atoms with Gasteiger partial charge in [0.15, 0.2) is 0 Å². The van der Waals surface area contributed by atoms with Crippen LogP contribution in [0.25, 0.3) is 0 Å². The lowest BCUT2D eigenvalue weighted by Gasteiger charge is -2.06. The lowest BCUT2D eigenvalue weighted by molar-refractivity contribution is 0.112. The predicted molar refractivity (Wildman–Crippen MR) is 63.9 cm³/mol. The number of rotatable bonds is 1. The summed E-state index contributed by atoms with van der Waals surface area (Å²) >= 11 is 1.66. The Bertz CT molecular complexity index is 336. The fourth-order valence-electron chi connectivity index (χ4n) is 1.10. The Hall–Kier alpha value is -1.49. The van der Waals surface area contributed by atoms with Crippen LogP contribution in [0.15, 0.2) is 30.3 Å². The van der Waals surface area contributed by atoms with Gasteiger partial charge in [-0.2, -0.15) is 0 Å². The van der Waals surface area contributed by atoms with Gasteiger partial charge in [0, 0.05) is 17.9 Å². The van der Waals surface area contributed by atoms with Crippen LogP contribution >= 0.6 is 11.8 Å². The molecule has 0 aromatic heterocycles. The first-order chi connectivity index (χ1) is 7.74. The molecule has 5 heteroatoms. The Morgan fingerprint density at radius 3 is 2.38 bits per heavy atom. The summed E-state index contributed by atoms with van der Waals surface area (Å²) in [6, 6.07) is 9.10. The number of thioether (sulfide) groups is 1. The van der Waals surface area contributed by atoms with Crippen LogP contribution in [0.2, 0.25) is 0 Å². The van der Waals surface area contributed by atoms with E-state index in [1.165, 1.54) is 4.90 Å². The fraction of sp³-hybridized carbons (Fsp3) is 0.273. The third kappa shape index (κ3) is 4.35. The molecule has 1 heterocycles. The number of carbonyl (C=O) groups excluding carboxylic acids is 1. The van der Waals surface area contributed by atoms with E-state index in [-0.39, 0.29) is 0 Å². The van der Waals surface area contributed by atoms with Gasteiger partial charge in [-0.05, 0) is 0 Å². The van der Waals surface area contributed by atoms with Gasteiger partial charge in [0.2, 0.25) is 0 Å². The standard InChI is InChI=1S/C7H6O.C4H7NO2S/c8-6-7-4-2-1-3-5-7;6-4(7)5-1-2-8-3-5/h1-6H;1-3H2,(H,6,7). The highest BCUT2D eigenvalue weighted by Crippen LogP contribution is 2.12. The highest BCUT2D eigenvalue weighted by Gasteiger charge is 2.15. The van der Waals surface area contributed by atoms with Gasteiger partial charge in [0.1, 0.15) is 6.29 Å². The smallest absolute Gasteiger partial charge is 0.408 e. The van der Waals surface area contributed by atoms with E-state index in [1.54, 1.807) is 23.9 Å². The predicted octanol–water partition coefficient (Wildman–Crippen LogP) is 2.17. The average molecular weight is 239 g/mol. The van der Waals surface area contributed by atoms with Crippen molar-refractivity contribution in [3.05, 3.63) is 35.9 Å². The Balaban J connectivity index is 0.000000160. The first-order valence-electron chi connectivity index (χ1n) is 4.80. The minimum Gasteiger partial charge on any atom is -0.465 e. The number of hydrogen-bond acceptors (Lipinski definition) is 3. The summed E-state index contributed by atoms with van der Waals surface area (Å²) in [6.45, 7) is 0.694. The highest BCUT2D eigenvalue weighted by molar-refractivity contribution is 7.99. The lowest BCUT2D eigenvalue weighted by atomic mass is 10.2. The summed E-state index contributed by atoms with van der Waals surface area (Å²) in [6.07, 6.45) is 0.0370. The van der Waals surface area contributed by atoms with Crippen molar-refractivity contribution in [2.24, 2.45) is 0 Å². The van der Waals surface area contributed by atoms with Gasteiger partial charge >= 0.3 is 6.09 Å². The largest absolute Gasteiger partial charge is 0.465 e. The maximum atomic E-state index is 10.1. The molecule has 86 valence electrons. The third-order valence-electron chi connectivity index (χ3n) is 1.96. The van der Waals surface area contributed by atoms with Gasteiger partial charge in [-0.25, -0.2) is 4.79 Å². The molecule has 0 radical (unpaired) electrons. The molecule has 0 bridgehead atoms. The number of aldehydes is 1. The van der Waals surface area contributed by atoms with Crippen molar-refractivity contribution in [3.8, 4) is 0 Å². The summed E-state index contributed by atoms with van der Waals surface area (Å²) in [4.78, 5) is 21.5. The average Bonchev–Trinajstić information content (AvgIpc) is 2.85. The number of benzene rings is 1. The summed E-state index contributed by atoms with van der Waals surface area (Å²) in [5.74, 6) is 1.60.